The van der Waals surface area contributed by atoms with Crippen LogP contribution in [0.5, 0.6) is 0 Å². The van der Waals surface area contributed by atoms with Crippen LogP contribution in [0.2, 0.25) is 0 Å². The van der Waals surface area contributed by atoms with Crippen molar-refractivity contribution in [3.63, 3.8) is 0 Å². The average Bonchev–Trinajstić information content (AvgIpc) is 3.19. The second kappa shape index (κ2) is 6.19. The predicted octanol–water partition coefficient (Wildman–Crippen LogP) is 4.26. The number of hydrogen-bond acceptors (Lipinski definition) is 3. The van der Waals surface area contributed by atoms with Gasteiger partial charge in [-0.15, -0.1) is 0 Å². The molecule has 0 amide bonds. The molecular weight excluding hydrogens is 316 g/mol. The molecule has 1 N–H and O–H groups in total. The molecule has 2 aromatic carbocycles. The Labute approximate surface area is 145 Å². The van der Waals surface area contributed by atoms with Crippen molar-refractivity contribution in [1.29, 1.82) is 0 Å². The Hall–Kier alpha value is -2.50. The van der Waals surface area contributed by atoms with Gasteiger partial charge in [-0.3, -0.25) is 4.72 Å². The first-order valence-electron chi connectivity index (χ1n) is 7.79. The normalized spacial score (nSPS) is 11.2. The van der Waals surface area contributed by atoms with Crippen LogP contribution in [0.1, 0.15) is 0 Å². The number of imidazole rings is 1. The van der Waals surface area contributed by atoms with Crippen LogP contribution in [0, 0.1) is 0 Å². The summed E-state index contributed by atoms with van der Waals surface area (Å²) in [7, 11) is 3.93. The summed E-state index contributed by atoms with van der Waals surface area (Å²) < 4.78 is 7.35. The van der Waals surface area contributed by atoms with E-state index in [1.54, 1.807) is 11.9 Å². The van der Waals surface area contributed by atoms with Crippen LogP contribution in [-0.4, -0.2) is 21.2 Å². The van der Waals surface area contributed by atoms with Crippen LogP contribution in [0.4, 0.5) is 0 Å². The highest BCUT2D eigenvalue weighted by Crippen LogP contribution is 2.34. The van der Waals surface area contributed by atoms with E-state index in [4.69, 9.17) is 0 Å². The lowest BCUT2D eigenvalue weighted by molar-refractivity contribution is 0.913. The van der Waals surface area contributed by atoms with E-state index in [9.17, 15) is 0 Å². The Bertz CT molecular complexity index is 985. The maximum Gasteiger partial charge on any atom is 0.0951 e. The van der Waals surface area contributed by atoms with Gasteiger partial charge in [-0.25, -0.2) is 4.98 Å². The van der Waals surface area contributed by atoms with E-state index >= 15 is 0 Å². The van der Waals surface area contributed by atoms with Crippen molar-refractivity contribution in [2.45, 2.75) is 4.90 Å². The van der Waals surface area contributed by atoms with Gasteiger partial charge in [-0.05, 0) is 49.3 Å². The molecule has 0 spiro atoms. The van der Waals surface area contributed by atoms with Crippen molar-refractivity contribution in [2.24, 2.45) is 7.05 Å². The highest BCUT2D eigenvalue weighted by Gasteiger charge is 2.14. The molecule has 4 nitrogen and oxygen atoms in total. The molecule has 0 bridgehead atoms. The highest BCUT2D eigenvalue weighted by atomic mass is 32.2. The summed E-state index contributed by atoms with van der Waals surface area (Å²) in [5, 5.41) is 1.21. The molecular formula is C19H18N4S. The third-order valence-corrected chi connectivity index (χ3v) is 4.70. The molecule has 24 heavy (non-hydrogen) atoms. The molecule has 0 atom stereocenters. The summed E-state index contributed by atoms with van der Waals surface area (Å²) in [4.78, 5) is 5.73. The van der Waals surface area contributed by atoms with E-state index < -0.39 is 0 Å². The largest absolute Gasteiger partial charge is 0.340 e. The molecule has 0 saturated carbocycles. The molecule has 0 fully saturated rings. The molecule has 0 unspecified atom stereocenters. The first kappa shape index (κ1) is 15.1. The number of nitrogens with one attached hydrogen (secondary N) is 1. The maximum absolute atomic E-state index is 4.55. The molecule has 0 aliphatic carbocycles. The fraction of sp³-hybridized carbons (Fsp3) is 0.105. The molecule has 0 aliphatic heterocycles. The minimum absolute atomic E-state index is 0.990. The third kappa shape index (κ3) is 2.62. The fourth-order valence-corrected chi connectivity index (χ4v) is 3.50. The quantitative estimate of drug-likeness (QED) is 0.566. The number of fused-ring (bicyclic) bond motifs is 1. The lowest BCUT2D eigenvalue weighted by Gasteiger charge is -2.05. The summed E-state index contributed by atoms with van der Waals surface area (Å²) in [6, 6.07) is 16.9. The highest BCUT2D eigenvalue weighted by molar-refractivity contribution is 7.97. The smallest absolute Gasteiger partial charge is 0.0951 e. The zero-order chi connectivity index (χ0) is 16.5. The van der Waals surface area contributed by atoms with Gasteiger partial charge >= 0.3 is 0 Å². The van der Waals surface area contributed by atoms with Gasteiger partial charge in [0, 0.05) is 41.0 Å². The Morgan fingerprint density at radius 2 is 1.88 bits per heavy atom. The zero-order valence-corrected chi connectivity index (χ0v) is 14.4. The average molecular weight is 334 g/mol. The van der Waals surface area contributed by atoms with E-state index in [-0.39, 0.29) is 0 Å². The van der Waals surface area contributed by atoms with Crippen molar-refractivity contribution >= 4 is 22.9 Å². The molecule has 5 heteroatoms. The second-order valence-corrected chi connectivity index (χ2v) is 6.74. The Morgan fingerprint density at radius 1 is 1.04 bits per heavy atom. The van der Waals surface area contributed by atoms with Gasteiger partial charge in [0.1, 0.15) is 0 Å². The summed E-state index contributed by atoms with van der Waals surface area (Å²) in [5.74, 6) is 0. The summed E-state index contributed by atoms with van der Waals surface area (Å²) >= 11 is 1.62. The third-order valence-electron chi connectivity index (χ3n) is 4.01. The predicted molar refractivity (Wildman–Crippen MR) is 100 cm³/mol. The van der Waals surface area contributed by atoms with Gasteiger partial charge in [-0.2, -0.15) is 0 Å². The Morgan fingerprint density at radius 3 is 2.58 bits per heavy atom. The van der Waals surface area contributed by atoms with E-state index in [0.29, 0.717) is 0 Å². The van der Waals surface area contributed by atoms with Crippen LogP contribution in [0.15, 0.2) is 72.1 Å². The van der Waals surface area contributed by atoms with Crippen molar-refractivity contribution in [3.05, 3.63) is 67.3 Å². The van der Waals surface area contributed by atoms with Crippen molar-refractivity contribution in [2.75, 3.05) is 7.05 Å². The number of aryl methyl sites for hydroxylation is 1. The zero-order valence-electron chi connectivity index (χ0n) is 13.6. The van der Waals surface area contributed by atoms with Gasteiger partial charge in [0.15, 0.2) is 0 Å². The maximum atomic E-state index is 4.55. The van der Waals surface area contributed by atoms with Crippen LogP contribution < -0.4 is 4.72 Å². The van der Waals surface area contributed by atoms with Crippen molar-refractivity contribution in [1.82, 2.24) is 18.8 Å². The van der Waals surface area contributed by atoms with E-state index in [1.807, 2.05) is 31.1 Å². The second-order valence-electron chi connectivity index (χ2n) is 5.66. The lowest BCUT2D eigenvalue weighted by atomic mass is 10.1. The molecule has 4 aromatic rings. The summed E-state index contributed by atoms with van der Waals surface area (Å²) in [5.41, 5.74) is 4.47. The summed E-state index contributed by atoms with van der Waals surface area (Å²) in [6.45, 7) is 0. The van der Waals surface area contributed by atoms with Crippen LogP contribution in [-0.2, 0) is 7.05 Å². The topological polar surface area (TPSA) is 34.8 Å². The van der Waals surface area contributed by atoms with E-state index in [2.05, 4.69) is 69.1 Å². The van der Waals surface area contributed by atoms with Crippen LogP contribution in [0.3, 0.4) is 0 Å². The molecule has 120 valence electrons. The van der Waals surface area contributed by atoms with Gasteiger partial charge in [0.25, 0.3) is 0 Å². The van der Waals surface area contributed by atoms with Gasteiger partial charge in [0.05, 0.1) is 17.5 Å². The van der Waals surface area contributed by atoms with Gasteiger partial charge in [-0.1, -0.05) is 18.2 Å². The molecule has 0 aliphatic rings. The van der Waals surface area contributed by atoms with Crippen LogP contribution >= 0.6 is 11.9 Å². The number of nitrogens with zero attached hydrogens (tertiary/aromatic N) is 3. The molecule has 2 heterocycles. The van der Waals surface area contributed by atoms with Crippen molar-refractivity contribution < 1.29 is 0 Å². The van der Waals surface area contributed by atoms with E-state index in [0.717, 1.165) is 16.9 Å². The lowest BCUT2D eigenvalue weighted by Crippen LogP contribution is -1.92. The Kier molecular flexibility index (Phi) is 3.88. The standard InChI is InChI=1S/C19H18N4S/c1-20-24-15-8-9-19-16(10-15)17(18-12-22(2)13-21-18)11-23(19)14-6-4-3-5-7-14/h3-13,20H,1-2H3. The van der Waals surface area contributed by atoms with Crippen molar-refractivity contribution in [3.8, 4) is 16.9 Å². The Balaban J connectivity index is 1.98. The first-order chi connectivity index (χ1) is 11.8. The fourth-order valence-electron chi connectivity index (χ4n) is 2.95. The van der Waals surface area contributed by atoms with Crippen LogP contribution in [0.25, 0.3) is 27.8 Å². The number of hydrogen-bond donors (Lipinski definition) is 1. The molecule has 0 radical (unpaired) electrons. The van der Waals surface area contributed by atoms with E-state index in [1.165, 1.54) is 15.8 Å². The molecule has 0 saturated heterocycles. The number of rotatable bonds is 4. The number of aromatic nitrogens is 3. The number of benzene rings is 2. The minimum atomic E-state index is 0.990. The monoisotopic (exact) mass is 334 g/mol. The summed E-state index contributed by atoms with van der Waals surface area (Å²) in [6.07, 6.45) is 6.07. The first-order valence-corrected chi connectivity index (χ1v) is 8.60. The SMILES string of the molecule is CNSc1ccc2c(c1)c(-c1cn(C)cn1)cn2-c1ccccc1. The number of para-hydroxylation sites is 1. The van der Waals surface area contributed by atoms with Gasteiger partial charge < -0.3 is 9.13 Å². The van der Waals surface area contributed by atoms with Gasteiger partial charge in [0.2, 0.25) is 0 Å². The molecule has 4 rings (SSSR count). The minimum Gasteiger partial charge on any atom is -0.340 e. The molecule has 2 aromatic heterocycles.